The van der Waals surface area contributed by atoms with Crippen molar-refractivity contribution in [3.05, 3.63) is 53.6 Å². The first-order chi connectivity index (χ1) is 11.1. The summed E-state index contributed by atoms with van der Waals surface area (Å²) in [5.41, 5.74) is 2.01. The van der Waals surface area contributed by atoms with Crippen LogP contribution >= 0.6 is 0 Å². The fourth-order valence-corrected chi connectivity index (χ4v) is 1.93. The maximum absolute atomic E-state index is 11.6. The molecular formula is C18H19NO4. The number of nitrogens with zero attached hydrogens (tertiary/aromatic N) is 1. The fourth-order valence-electron chi connectivity index (χ4n) is 1.93. The Morgan fingerprint density at radius 3 is 2.52 bits per heavy atom. The lowest BCUT2D eigenvalue weighted by Gasteiger charge is -2.06. The van der Waals surface area contributed by atoms with Gasteiger partial charge >= 0.3 is 5.97 Å². The molecule has 2 aromatic carbocycles. The minimum atomic E-state index is -0.345. The monoisotopic (exact) mass is 313 g/mol. The van der Waals surface area contributed by atoms with Crippen molar-refractivity contribution in [1.82, 2.24) is 0 Å². The molecule has 5 nitrogen and oxygen atoms in total. The minimum absolute atomic E-state index is 0.0998. The summed E-state index contributed by atoms with van der Waals surface area (Å²) < 4.78 is 10.3. The van der Waals surface area contributed by atoms with E-state index in [0.29, 0.717) is 30.2 Å². The molecule has 0 spiro atoms. The highest BCUT2D eigenvalue weighted by atomic mass is 16.5. The van der Waals surface area contributed by atoms with Gasteiger partial charge in [0, 0.05) is 6.21 Å². The second kappa shape index (κ2) is 7.98. The zero-order valence-electron chi connectivity index (χ0n) is 13.2. The van der Waals surface area contributed by atoms with Gasteiger partial charge in [-0.1, -0.05) is 0 Å². The van der Waals surface area contributed by atoms with Gasteiger partial charge in [-0.25, -0.2) is 4.79 Å². The quantitative estimate of drug-likeness (QED) is 0.652. The summed E-state index contributed by atoms with van der Waals surface area (Å²) in [5, 5.41) is 9.66. The molecule has 1 N–H and O–H groups in total. The molecule has 0 aromatic heterocycles. The van der Waals surface area contributed by atoms with Crippen molar-refractivity contribution >= 4 is 17.9 Å². The number of hydrogen-bond donors (Lipinski definition) is 1. The van der Waals surface area contributed by atoms with Crippen molar-refractivity contribution in [3.63, 3.8) is 0 Å². The predicted molar refractivity (Wildman–Crippen MR) is 88.9 cm³/mol. The average molecular weight is 313 g/mol. The van der Waals surface area contributed by atoms with Crippen LogP contribution in [-0.2, 0) is 4.74 Å². The standard InChI is InChI=1S/C18H19NO4/c1-3-22-17-11-13(5-10-16(17)20)12-19-15-8-6-14(7-9-15)18(21)23-4-2/h5-12,20H,3-4H2,1-2H3. The topological polar surface area (TPSA) is 68.1 Å². The Morgan fingerprint density at radius 1 is 1.13 bits per heavy atom. The number of benzene rings is 2. The highest BCUT2D eigenvalue weighted by molar-refractivity contribution is 5.90. The molecule has 23 heavy (non-hydrogen) atoms. The van der Waals surface area contributed by atoms with Crippen molar-refractivity contribution in [2.24, 2.45) is 4.99 Å². The second-order valence-corrected chi connectivity index (χ2v) is 4.69. The molecule has 0 aliphatic rings. The van der Waals surface area contributed by atoms with Crippen LogP contribution in [0.5, 0.6) is 11.5 Å². The third-order valence-electron chi connectivity index (χ3n) is 3.02. The lowest BCUT2D eigenvalue weighted by molar-refractivity contribution is 0.0526. The van der Waals surface area contributed by atoms with Crippen LogP contribution < -0.4 is 4.74 Å². The number of carbonyl (C=O) groups excluding carboxylic acids is 1. The van der Waals surface area contributed by atoms with Crippen molar-refractivity contribution in [2.75, 3.05) is 13.2 Å². The van der Waals surface area contributed by atoms with Gasteiger partial charge in [0.2, 0.25) is 0 Å². The highest BCUT2D eigenvalue weighted by Crippen LogP contribution is 2.26. The molecule has 0 unspecified atom stereocenters. The van der Waals surface area contributed by atoms with Crippen LogP contribution in [0.15, 0.2) is 47.5 Å². The molecule has 0 aliphatic carbocycles. The van der Waals surface area contributed by atoms with Crippen molar-refractivity contribution in [2.45, 2.75) is 13.8 Å². The van der Waals surface area contributed by atoms with Gasteiger partial charge in [-0.3, -0.25) is 4.99 Å². The van der Waals surface area contributed by atoms with E-state index in [-0.39, 0.29) is 11.7 Å². The summed E-state index contributed by atoms with van der Waals surface area (Å²) in [6, 6.07) is 11.9. The Bertz CT molecular complexity index is 693. The lowest BCUT2D eigenvalue weighted by atomic mass is 10.2. The van der Waals surface area contributed by atoms with Crippen LogP contribution in [0.2, 0.25) is 0 Å². The normalized spacial score (nSPS) is 10.7. The van der Waals surface area contributed by atoms with Gasteiger partial charge < -0.3 is 14.6 Å². The van der Waals surface area contributed by atoms with Gasteiger partial charge in [-0.05, 0) is 61.9 Å². The van der Waals surface area contributed by atoms with E-state index in [0.717, 1.165) is 5.56 Å². The zero-order chi connectivity index (χ0) is 16.7. The molecule has 0 fully saturated rings. The fraction of sp³-hybridized carbons (Fsp3) is 0.222. The first kappa shape index (κ1) is 16.5. The first-order valence-corrected chi connectivity index (χ1v) is 7.41. The molecule has 0 saturated carbocycles. The van der Waals surface area contributed by atoms with Gasteiger partial charge in [-0.2, -0.15) is 0 Å². The van der Waals surface area contributed by atoms with E-state index >= 15 is 0 Å². The van der Waals surface area contributed by atoms with E-state index in [1.165, 1.54) is 0 Å². The number of phenolic OH excluding ortho intramolecular Hbond substituents is 1. The Labute approximate surface area is 135 Å². The van der Waals surface area contributed by atoms with E-state index in [1.54, 1.807) is 55.6 Å². The molecular weight excluding hydrogens is 294 g/mol. The third kappa shape index (κ3) is 4.57. The van der Waals surface area contributed by atoms with Crippen LogP contribution in [-0.4, -0.2) is 30.5 Å². The molecule has 120 valence electrons. The maximum Gasteiger partial charge on any atom is 0.338 e. The Hall–Kier alpha value is -2.82. The van der Waals surface area contributed by atoms with E-state index in [9.17, 15) is 9.90 Å². The Morgan fingerprint density at radius 2 is 1.87 bits per heavy atom. The van der Waals surface area contributed by atoms with Gasteiger partial charge in [0.25, 0.3) is 0 Å². The Balaban J connectivity index is 2.11. The molecule has 0 bridgehead atoms. The van der Waals surface area contributed by atoms with Crippen molar-refractivity contribution < 1.29 is 19.4 Å². The number of hydrogen-bond acceptors (Lipinski definition) is 5. The van der Waals surface area contributed by atoms with Gasteiger partial charge in [0.1, 0.15) is 0 Å². The predicted octanol–water partition coefficient (Wildman–Crippen LogP) is 3.72. The third-order valence-corrected chi connectivity index (χ3v) is 3.02. The Kier molecular flexibility index (Phi) is 5.74. The van der Waals surface area contributed by atoms with Crippen LogP contribution in [0.1, 0.15) is 29.8 Å². The number of aliphatic imine (C=N–C) groups is 1. The van der Waals surface area contributed by atoms with E-state index in [2.05, 4.69) is 4.99 Å². The lowest BCUT2D eigenvalue weighted by Crippen LogP contribution is -2.03. The van der Waals surface area contributed by atoms with Crippen molar-refractivity contribution in [3.8, 4) is 11.5 Å². The highest BCUT2D eigenvalue weighted by Gasteiger charge is 2.05. The van der Waals surface area contributed by atoms with E-state index in [4.69, 9.17) is 9.47 Å². The molecule has 5 heteroatoms. The maximum atomic E-state index is 11.6. The summed E-state index contributed by atoms with van der Waals surface area (Å²) >= 11 is 0. The number of carbonyl (C=O) groups is 1. The molecule has 0 amide bonds. The molecule has 2 aromatic rings. The number of phenols is 1. The smallest absolute Gasteiger partial charge is 0.338 e. The summed E-state index contributed by atoms with van der Waals surface area (Å²) in [4.78, 5) is 15.9. The molecule has 0 radical (unpaired) electrons. The summed E-state index contributed by atoms with van der Waals surface area (Å²) in [5.74, 6) is 0.180. The van der Waals surface area contributed by atoms with Crippen molar-refractivity contribution in [1.29, 1.82) is 0 Å². The summed E-state index contributed by atoms with van der Waals surface area (Å²) in [7, 11) is 0. The SMILES string of the molecule is CCOC(=O)c1ccc(N=Cc2ccc(O)c(OCC)c2)cc1. The number of esters is 1. The number of ether oxygens (including phenoxy) is 2. The number of aromatic hydroxyl groups is 1. The average Bonchev–Trinajstić information content (AvgIpc) is 2.56. The van der Waals surface area contributed by atoms with Crippen LogP contribution in [0.3, 0.4) is 0 Å². The number of rotatable bonds is 6. The minimum Gasteiger partial charge on any atom is -0.504 e. The molecule has 0 saturated heterocycles. The molecule has 0 atom stereocenters. The first-order valence-electron chi connectivity index (χ1n) is 7.41. The van der Waals surface area contributed by atoms with Crippen LogP contribution in [0.25, 0.3) is 0 Å². The van der Waals surface area contributed by atoms with Gasteiger partial charge in [0.05, 0.1) is 24.5 Å². The molecule has 0 heterocycles. The summed E-state index contributed by atoms with van der Waals surface area (Å²) in [6.45, 7) is 4.45. The second-order valence-electron chi connectivity index (χ2n) is 4.69. The van der Waals surface area contributed by atoms with E-state index in [1.807, 2.05) is 6.92 Å². The van der Waals surface area contributed by atoms with Gasteiger partial charge in [-0.15, -0.1) is 0 Å². The van der Waals surface area contributed by atoms with Crippen LogP contribution in [0, 0.1) is 0 Å². The molecule has 0 aliphatic heterocycles. The van der Waals surface area contributed by atoms with Gasteiger partial charge in [0.15, 0.2) is 11.5 Å². The molecule has 2 rings (SSSR count). The largest absolute Gasteiger partial charge is 0.504 e. The van der Waals surface area contributed by atoms with E-state index < -0.39 is 0 Å². The van der Waals surface area contributed by atoms with Crippen LogP contribution in [0.4, 0.5) is 5.69 Å². The zero-order valence-corrected chi connectivity index (χ0v) is 13.2. The summed E-state index contributed by atoms with van der Waals surface area (Å²) in [6.07, 6.45) is 1.67.